The number of nitrogens with zero attached hydrogens (tertiary/aromatic N) is 4. The van der Waals surface area contributed by atoms with Crippen LogP contribution in [-0.2, 0) is 4.74 Å². The topological polar surface area (TPSA) is 85.8 Å². The van der Waals surface area contributed by atoms with E-state index in [1.54, 1.807) is 18.2 Å². The van der Waals surface area contributed by atoms with Crippen molar-refractivity contribution in [2.24, 2.45) is 0 Å². The summed E-state index contributed by atoms with van der Waals surface area (Å²) in [5, 5.41) is 20.1. The van der Waals surface area contributed by atoms with Gasteiger partial charge in [-0.05, 0) is 74.3 Å². The van der Waals surface area contributed by atoms with E-state index in [1.807, 2.05) is 30.3 Å². The van der Waals surface area contributed by atoms with Crippen LogP contribution in [0, 0.1) is 5.82 Å². The van der Waals surface area contributed by atoms with Gasteiger partial charge in [0.1, 0.15) is 17.1 Å². The molecule has 2 unspecified atom stereocenters. The third-order valence-electron chi connectivity index (χ3n) is 9.39. The van der Waals surface area contributed by atoms with Crippen molar-refractivity contribution in [3.63, 3.8) is 0 Å². The van der Waals surface area contributed by atoms with Crippen LogP contribution in [0.4, 0.5) is 16.2 Å². The first kappa shape index (κ1) is 26.4. The molecule has 214 valence electrons. The number of rotatable bonds is 6. The van der Waals surface area contributed by atoms with Gasteiger partial charge in [0.15, 0.2) is 5.82 Å². The van der Waals surface area contributed by atoms with Crippen molar-refractivity contribution < 1.29 is 14.2 Å². The summed E-state index contributed by atoms with van der Waals surface area (Å²) in [6.45, 7) is 3.73. The summed E-state index contributed by atoms with van der Waals surface area (Å²) in [4.78, 5) is 14.4. The third-order valence-corrected chi connectivity index (χ3v) is 9.39. The first-order valence-corrected chi connectivity index (χ1v) is 14.6. The molecule has 0 spiro atoms. The highest BCUT2D eigenvalue weighted by Crippen LogP contribution is 2.39. The molecule has 2 atom stereocenters. The molecule has 9 heteroatoms. The fourth-order valence-electron chi connectivity index (χ4n) is 6.94. The summed E-state index contributed by atoms with van der Waals surface area (Å²) in [7, 11) is 4.20. The second-order valence-electron chi connectivity index (χ2n) is 12.0. The van der Waals surface area contributed by atoms with Gasteiger partial charge in [-0.2, -0.15) is 4.98 Å². The summed E-state index contributed by atoms with van der Waals surface area (Å²) >= 11 is 0. The van der Waals surface area contributed by atoms with E-state index in [0.717, 1.165) is 55.4 Å². The monoisotopic (exact) mass is 556 g/mol. The summed E-state index contributed by atoms with van der Waals surface area (Å²) in [6.07, 6.45) is 4.09. The number of likely N-dealkylation sites (N-methyl/N-ethyl adjacent to an activating group) is 1. The van der Waals surface area contributed by atoms with Gasteiger partial charge in [0, 0.05) is 61.4 Å². The van der Waals surface area contributed by atoms with Gasteiger partial charge < -0.3 is 30.3 Å². The van der Waals surface area contributed by atoms with Gasteiger partial charge in [-0.3, -0.25) is 0 Å². The van der Waals surface area contributed by atoms with Gasteiger partial charge in [-0.15, -0.1) is 0 Å². The van der Waals surface area contributed by atoms with Crippen LogP contribution in [0.2, 0.25) is 0 Å². The zero-order chi connectivity index (χ0) is 28.1. The molecule has 0 aliphatic carbocycles. The lowest BCUT2D eigenvalue weighted by atomic mass is 9.88. The molecule has 3 saturated heterocycles. The van der Waals surface area contributed by atoms with Crippen molar-refractivity contribution >= 4 is 33.4 Å². The molecule has 7 rings (SSSR count). The van der Waals surface area contributed by atoms with Crippen molar-refractivity contribution in [1.29, 1.82) is 0 Å². The van der Waals surface area contributed by atoms with Crippen molar-refractivity contribution in [2.45, 2.75) is 43.3 Å². The molecule has 2 bridgehead atoms. The molecular weight excluding hydrogens is 519 g/mol. The molecule has 8 nitrogen and oxygen atoms in total. The Bertz CT molecular complexity index is 1590. The van der Waals surface area contributed by atoms with Crippen molar-refractivity contribution in [3.05, 3.63) is 54.3 Å². The number of phenolic OH excluding ortho intramolecular Hbond substituents is 1. The molecule has 3 aromatic carbocycles. The molecule has 0 saturated carbocycles. The molecule has 4 heterocycles. The lowest BCUT2D eigenvalue weighted by molar-refractivity contribution is -0.000700. The van der Waals surface area contributed by atoms with E-state index in [9.17, 15) is 5.11 Å². The number of fused-ring (bicyclic) bond motifs is 4. The van der Waals surface area contributed by atoms with Gasteiger partial charge in [0.05, 0.1) is 0 Å². The Morgan fingerprint density at radius 3 is 2.54 bits per heavy atom. The van der Waals surface area contributed by atoms with E-state index >= 15 is 4.39 Å². The summed E-state index contributed by atoms with van der Waals surface area (Å²) in [5.41, 5.74) is 1.25. The first-order valence-electron chi connectivity index (χ1n) is 14.6. The number of phenols is 1. The Morgan fingerprint density at radius 2 is 1.78 bits per heavy atom. The Kier molecular flexibility index (Phi) is 6.68. The molecule has 3 aliphatic heterocycles. The Morgan fingerprint density at radius 1 is 1.02 bits per heavy atom. The number of piperazine rings is 1. The van der Waals surface area contributed by atoms with Gasteiger partial charge in [0.2, 0.25) is 5.95 Å². The molecule has 3 aliphatic rings. The molecule has 0 radical (unpaired) electrons. The minimum Gasteiger partial charge on any atom is -0.508 e. The molecule has 3 N–H and O–H groups in total. The maximum Gasteiger partial charge on any atom is 0.225 e. The van der Waals surface area contributed by atoms with Gasteiger partial charge in [0.25, 0.3) is 0 Å². The molecule has 4 aromatic rings. The quantitative estimate of drug-likeness (QED) is 0.314. The van der Waals surface area contributed by atoms with Crippen molar-refractivity contribution in [2.75, 3.05) is 57.2 Å². The van der Waals surface area contributed by atoms with Crippen LogP contribution in [0.15, 0.2) is 48.5 Å². The van der Waals surface area contributed by atoms with E-state index in [0.29, 0.717) is 59.8 Å². The highest BCUT2D eigenvalue weighted by atomic mass is 19.1. The van der Waals surface area contributed by atoms with Crippen LogP contribution in [0.25, 0.3) is 32.8 Å². The average Bonchev–Trinajstić information content (AvgIpc) is 3.33. The minimum absolute atomic E-state index is 0.0915. The number of halogens is 1. The van der Waals surface area contributed by atoms with Crippen molar-refractivity contribution in [3.8, 4) is 16.9 Å². The molecule has 3 fully saturated rings. The third kappa shape index (κ3) is 4.75. The van der Waals surface area contributed by atoms with Crippen LogP contribution < -0.4 is 15.5 Å². The summed E-state index contributed by atoms with van der Waals surface area (Å²) in [5.74, 6) is 0.901. The number of anilines is 2. The number of aromatic hydroxyl groups is 1. The lowest BCUT2D eigenvalue weighted by Crippen LogP contribution is -2.53. The maximum atomic E-state index is 16.7. The fourth-order valence-corrected chi connectivity index (χ4v) is 6.94. The summed E-state index contributed by atoms with van der Waals surface area (Å²) < 4.78 is 22.3. The highest BCUT2D eigenvalue weighted by Gasteiger charge is 2.36. The molecule has 0 amide bonds. The smallest absolute Gasteiger partial charge is 0.225 e. The lowest BCUT2D eigenvalue weighted by Gasteiger charge is -2.43. The number of aromatic nitrogens is 2. The number of ether oxygens (including phenoxy) is 1. The second-order valence-corrected chi connectivity index (χ2v) is 12.0. The van der Waals surface area contributed by atoms with Gasteiger partial charge >= 0.3 is 0 Å². The van der Waals surface area contributed by atoms with E-state index in [1.165, 1.54) is 0 Å². The molecular formula is C32H37FN6O2. The zero-order valence-corrected chi connectivity index (χ0v) is 23.7. The number of hydrogen-bond donors (Lipinski definition) is 3. The Labute approximate surface area is 239 Å². The average molecular weight is 557 g/mol. The predicted molar refractivity (Wildman–Crippen MR) is 161 cm³/mol. The number of nitrogens with one attached hydrogen (secondary N) is 2. The summed E-state index contributed by atoms with van der Waals surface area (Å²) in [6, 6.07) is 15.6. The van der Waals surface area contributed by atoms with E-state index in [4.69, 9.17) is 14.7 Å². The Hall–Kier alpha value is -3.53. The normalized spacial score (nSPS) is 22.1. The number of hydrogen-bond acceptors (Lipinski definition) is 8. The van der Waals surface area contributed by atoms with Gasteiger partial charge in [-0.1, -0.05) is 30.3 Å². The minimum atomic E-state index is -0.406. The predicted octanol–water partition coefficient (Wildman–Crippen LogP) is 4.76. The first-order chi connectivity index (χ1) is 19.9. The van der Waals surface area contributed by atoms with Crippen LogP contribution in [0.3, 0.4) is 0 Å². The Balaban J connectivity index is 1.35. The second kappa shape index (κ2) is 10.4. The van der Waals surface area contributed by atoms with Crippen molar-refractivity contribution in [1.82, 2.24) is 20.2 Å². The number of benzene rings is 3. The molecule has 1 aromatic heterocycles. The van der Waals surface area contributed by atoms with Crippen LogP contribution in [0.5, 0.6) is 5.75 Å². The van der Waals surface area contributed by atoms with E-state index in [2.05, 4.69) is 34.5 Å². The highest BCUT2D eigenvalue weighted by molar-refractivity contribution is 6.01. The SMILES string of the molecule is CN(C)C1(CNc2nc(N3CC4CCC(C3)N4)c3ccc(-c4cc(O)cc5ccccc45)c(F)c3n2)CCOCC1. The van der Waals surface area contributed by atoms with E-state index in [-0.39, 0.29) is 11.3 Å². The molecule has 41 heavy (non-hydrogen) atoms. The fraction of sp³-hybridized carbons (Fsp3) is 0.438. The maximum absolute atomic E-state index is 16.7. The van der Waals surface area contributed by atoms with Crippen LogP contribution in [0.1, 0.15) is 25.7 Å². The van der Waals surface area contributed by atoms with E-state index < -0.39 is 5.82 Å². The standard InChI is InChI=1S/C32H37FN6O2/c1-38(2)32(11-13-41-14-12-32)19-34-31-36-29-26(30(37-31)39-17-21-7-8-22(18-39)35-21)10-9-25(28(29)33)27-16-23(40)15-20-5-3-4-6-24(20)27/h3-6,9-10,15-16,21-22,35,40H,7-8,11-14,17-19H2,1-2H3,(H,34,36,37). The van der Waals surface area contributed by atoms with Crippen LogP contribution in [-0.4, -0.2) is 84.5 Å². The largest absolute Gasteiger partial charge is 0.508 e. The van der Waals surface area contributed by atoms with Gasteiger partial charge in [-0.25, -0.2) is 9.37 Å². The zero-order valence-electron chi connectivity index (χ0n) is 23.7. The van der Waals surface area contributed by atoms with Crippen LogP contribution >= 0.6 is 0 Å².